The molecule has 0 spiro atoms. The highest BCUT2D eigenvalue weighted by molar-refractivity contribution is 9.10. The molecule has 0 saturated carbocycles. The molecule has 2 aromatic rings. The molecule has 92 valence electrons. The van der Waals surface area contributed by atoms with Crippen molar-refractivity contribution in [2.45, 2.75) is 13.3 Å². The van der Waals surface area contributed by atoms with Crippen molar-refractivity contribution in [2.24, 2.45) is 0 Å². The Morgan fingerprint density at radius 2 is 2.00 bits per heavy atom. The summed E-state index contributed by atoms with van der Waals surface area (Å²) in [6, 6.07) is 11.6. The summed E-state index contributed by atoms with van der Waals surface area (Å²) in [4.78, 5) is 15.9. The molecule has 0 fully saturated rings. The van der Waals surface area contributed by atoms with Gasteiger partial charge in [0, 0.05) is 6.20 Å². The van der Waals surface area contributed by atoms with Crippen molar-refractivity contribution < 1.29 is 4.79 Å². The van der Waals surface area contributed by atoms with E-state index >= 15 is 0 Å². The van der Waals surface area contributed by atoms with Crippen LogP contribution in [0.5, 0.6) is 0 Å². The molecular weight excluding hydrogens is 292 g/mol. The third-order valence-corrected chi connectivity index (χ3v) is 3.14. The molecule has 1 amide bonds. The zero-order valence-electron chi connectivity index (χ0n) is 9.98. The average molecular weight is 305 g/mol. The highest BCUT2D eigenvalue weighted by Crippen LogP contribution is 2.18. The summed E-state index contributed by atoms with van der Waals surface area (Å²) in [7, 11) is 0. The number of aryl methyl sites for hydroxylation is 1. The summed E-state index contributed by atoms with van der Waals surface area (Å²) in [5.74, 6) is 0.480. The molecular formula is C14H13BrN2O. The molecule has 4 heteroatoms. The van der Waals surface area contributed by atoms with Gasteiger partial charge in [0.05, 0.1) is 10.9 Å². The first kappa shape index (κ1) is 12.8. The van der Waals surface area contributed by atoms with Gasteiger partial charge in [-0.2, -0.15) is 0 Å². The fourth-order valence-corrected chi connectivity index (χ4v) is 1.90. The largest absolute Gasteiger partial charge is 0.309 e. The van der Waals surface area contributed by atoms with Gasteiger partial charge in [0.25, 0.3) is 0 Å². The Hall–Kier alpha value is -1.68. The van der Waals surface area contributed by atoms with Crippen LogP contribution in [0.15, 0.2) is 47.1 Å². The van der Waals surface area contributed by atoms with E-state index < -0.39 is 0 Å². The topological polar surface area (TPSA) is 42.0 Å². The van der Waals surface area contributed by atoms with Crippen LogP contribution in [0.25, 0.3) is 0 Å². The first-order chi connectivity index (χ1) is 8.65. The van der Waals surface area contributed by atoms with Crippen LogP contribution in [0.2, 0.25) is 0 Å². The summed E-state index contributed by atoms with van der Waals surface area (Å²) in [5, 5.41) is 2.78. The molecule has 0 aliphatic rings. The molecule has 0 aliphatic heterocycles. The third-order valence-electron chi connectivity index (χ3n) is 2.50. The maximum Gasteiger partial charge on any atom is 0.229 e. The number of carbonyl (C=O) groups excluding carboxylic acids is 1. The second-order valence-corrected chi connectivity index (χ2v) is 4.90. The Labute approximate surface area is 114 Å². The van der Waals surface area contributed by atoms with Gasteiger partial charge >= 0.3 is 0 Å². The summed E-state index contributed by atoms with van der Waals surface area (Å²) >= 11 is 3.34. The lowest BCUT2D eigenvalue weighted by molar-refractivity contribution is -0.115. The summed E-state index contributed by atoms with van der Waals surface area (Å²) in [6.07, 6.45) is 2.00. The predicted molar refractivity (Wildman–Crippen MR) is 75.4 cm³/mol. The number of aromatic nitrogens is 1. The molecule has 0 saturated heterocycles. The highest BCUT2D eigenvalue weighted by atomic mass is 79.9. The van der Waals surface area contributed by atoms with E-state index in [-0.39, 0.29) is 5.91 Å². The SMILES string of the molecule is Cc1ccc(CC(=O)Nc2ncccc2Br)cc1. The number of hydrogen-bond acceptors (Lipinski definition) is 2. The van der Waals surface area contributed by atoms with Gasteiger partial charge in [0.2, 0.25) is 5.91 Å². The van der Waals surface area contributed by atoms with Crippen LogP contribution in [0.4, 0.5) is 5.82 Å². The number of anilines is 1. The van der Waals surface area contributed by atoms with E-state index in [9.17, 15) is 4.79 Å². The van der Waals surface area contributed by atoms with Gasteiger partial charge < -0.3 is 5.32 Å². The number of carbonyl (C=O) groups is 1. The molecule has 0 radical (unpaired) electrons. The fraction of sp³-hybridized carbons (Fsp3) is 0.143. The maximum absolute atomic E-state index is 11.8. The van der Waals surface area contributed by atoms with Crippen LogP contribution in [-0.4, -0.2) is 10.9 Å². The van der Waals surface area contributed by atoms with E-state index in [2.05, 4.69) is 26.2 Å². The molecule has 1 heterocycles. The average Bonchev–Trinajstić information content (AvgIpc) is 2.35. The summed E-state index contributed by atoms with van der Waals surface area (Å²) < 4.78 is 0.780. The number of pyridine rings is 1. The number of halogens is 1. The second-order valence-electron chi connectivity index (χ2n) is 4.04. The normalized spacial score (nSPS) is 10.1. The fourth-order valence-electron chi connectivity index (χ4n) is 1.55. The van der Waals surface area contributed by atoms with Gasteiger partial charge in [-0.25, -0.2) is 4.98 Å². The van der Waals surface area contributed by atoms with E-state index in [0.717, 1.165) is 10.0 Å². The van der Waals surface area contributed by atoms with Crippen LogP contribution in [0.3, 0.4) is 0 Å². The van der Waals surface area contributed by atoms with E-state index in [4.69, 9.17) is 0 Å². The summed E-state index contributed by atoms with van der Waals surface area (Å²) in [5.41, 5.74) is 2.18. The van der Waals surface area contributed by atoms with Crippen molar-refractivity contribution in [2.75, 3.05) is 5.32 Å². The minimum absolute atomic E-state index is 0.0711. The Morgan fingerprint density at radius 1 is 1.28 bits per heavy atom. The Bertz CT molecular complexity index is 552. The number of nitrogens with one attached hydrogen (secondary N) is 1. The number of benzene rings is 1. The monoisotopic (exact) mass is 304 g/mol. The molecule has 0 atom stereocenters. The van der Waals surface area contributed by atoms with Crippen molar-refractivity contribution in [3.05, 3.63) is 58.2 Å². The van der Waals surface area contributed by atoms with Crippen LogP contribution < -0.4 is 5.32 Å². The Balaban J connectivity index is 2.01. The van der Waals surface area contributed by atoms with Crippen LogP contribution in [0.1, 0.15) is 11.1 Å². The zero-order chi connectivity index (χ0) is 13.0. The molecule has 1 aromatic heterocycles. The lowest BCUT2D eigenvalue weighted by atomic mass is 10.1. The summed E-state index contributed by atoms with van der Waals surface area (Å²) in [6.45, 7) is 2.02. The number of nitrogens with zero attached hydrogens (tertiary/aromatic N) is 1. The maximum atomic E-state index is 11.8. The zero-order valence-corrected chi connectivity index (χ0v) is 11.6. The Morgan fingerprint density at radius 3 is 2.67 bits per heavy atom. The van der Waals surface area contributed by atoms with Gasteiger partial charge in [-0.3, -0.25) is 4.79 Å². The molecule has 1 N–H and O–H groups in total. The number of rotatable bonds is 3. The van der Waals surface area contributed by atoms with Crippen molar-refractivity contribution in [1.82, 2.24) is 4.98 Å². The van der Waals surface area contributed by atoms with Crippen LogP contribution >= 0.6 is 15.9 Å². The predicted octanol–water partition coefficient (Wildman–Crippen LogP) is 3.33. The lowest BCUT2D eigenvalue weighted by Gasteiger charge is -2.06. The molecule has 3 nitrogen and oxygen atoms in total. The first-order valence-electron chi connectivity index (χ1n) is 5.61. The molecule has 1 aromatic carbocycles. The standard InChI is InChI=1S/C14H13BrN2O/c1-10-4-6-11(7-5-10)9-13(18)17-14-12(15)3-2-8-16-14/h2-8H,9H2,1H3,(H,16,17,18). The van der Waals surface area contributed by atoms with Gasteiger partial charge in [-0.05, 0) is 40.5 Å². The number of amides is 1. The second kappa shape index (κ2) is 5.78. The molecule has 0 bridgehead atoms. The van der Waals surface area contributed by atoms with Crippen LogP contribution in [0, 0.1) is 6.92 Å². The minimum Gasteiger partial charge on any atom is -0.309 e. The smallest absolute Gasteiger partial charge is 0.229 e. The molecule has 18 heavy (non-hydrogen) atoms. The molecule has 0 aliphatic carbocycles. The Kier molecular flexibility index (Phi) is 4.10. The van der Waals surface area contributed by atoms with Gasteiger partial charge in [-0.15, -0.1) is 0 Å². The minimum atomic E-state index is -0.0711. The molecule has 2 rings (SSSR count). The van der Waals surface area contributed by atoms with Crippen molar-refractivity contribution in [3.63, 3.8) is 0 Å². The van der Waals surface area contributed by atoms with E-state index in [0.29, 0.717) is 12.2 Å². The van der Waals surface area contributed by atoms with Gasteiger partial charge in [-0.1, -0.05) is 29.8 Å². The van der Waals surface area contributed by atoms with E-state index in [1.54, 1.807) is 12.3 Å². The molecule has 0 unspecified atom stereocenters. The van der Waals surface area contributed by atoms with E-state index in [1.165, 1.54) is 5.56 Å². The van der Waals surface area contributed by atoms with Crippen LogP contribution in [-0.2, 0) is 11.2 Å². The first-order valence-corrected chi connectivity index (χ1v) is 6.40. The van der Waals surface area contributed by atoms with Gasteiger partial charge in [0.1, 0.15) is 5.82 Å². The van der Waals surface area contributed by atoms with Crippen molar-refractivity contribution >= 4 is 27.7 Å². The highest BCUT2D eigenvalue weighted by Gasteiger charge is 2.07. The van der Waals surface area contributed by atoms with E-state index in [1.807, 2.05) is 37.3 Å². The number of hydrogen-bond donors (Lipinski definition) is 1. The van der Waals surface area contributed by atoms with Crippen molar-refractivity contribution in [1.29, 1.82) is 0 Å². The lowest BCUT2D eigenvalue weighted by Crippen LogP contribution is -2.15. The van der Waals surface area contributed by atoms with Crippen molar-refractivity contribution in [3.8, 4) is 0 Å². The van der Waals surface area contributed by atoms with Gasteiger partial charge in [0.15, 0.2) is 0 Å². The third kappa shape index (κ3) is 3.40. The quantitative estimate of drug-likeness (QED) is 0.945.